The van der Waals surface area contributed by atoms with Gasteiger partial charge < -0.3 is 5.32 Å². The van der Waals surface area contributed by atoms with Gasteiger partial charge in [-0.2, -0.15) is 0 Å². The molecule has 2 aliphatic rings. The third-order valence-corrected chi connectivity index (χ3v) is 4.99. The molecule has 1 amide bonds. The van der Waals surface area contributed by atoms with Crippen LogP contribution in [0.1, 0.15) is 52.9 Å². The lowest BCUT2D eigenvalue weighted by Crippen LogP contribution is -2.33. The maximum atomic E-state index is 10.8. The second-order valence-corrected chi connectivity index (χ2v) is 6.46. The number of carbonyl (C=O) groups excluding carboxylic acids is 1. The number of amides is 1. The van der Waals surface area contributed by atoms with Gasteiger partial charge >= 0.3 is 0 Å². The van der Waals surface area contributed by atoms with Crippen LogP contribution in [0.25, 0.3) is 0 Å². The van der Waals surface area contributed by atoms with E-state index in [1.807, 2.05) is 0 Å². The molecule has 100 valence electrons. The molecule has 0 saturated heterocycles. The summed E-state index contributed by atoms with van der Waals surface area (Å²) < 4.78 is 0. The molecule has 2 heteroatoms. The van der Waals surface area contributed by atoms with Gasteiger partial charge in [0.15, 0.2) is 0 Å². The van der Waals surface area contributed by atoms with E-state index in [9.17, 15) is 4.79 Å². The summed E-state index contributed by atoms with van der Waals surface area (Å²) in [4.78, 5) is 10.8. The second-order valence-electron chi connectivity index (χ2n) is 6.46. The van der Waals surface area contributed by atoms with Crippen molar-refractivity contribution < 1.29 is 4.79 Å². The van der Waals surface area contributed by atoms with E-state index in [1.54, 1.807) is 0 Å². The van der Waals surface area contributed by atoms with Gasteiger partial charge in [-0.15, -0.1) is 0 Å². The van der Waals surface area contributed by atoms with Crippen LogP contribution in [0.3, 0.4) is 0 Å². The fraction of sp³-hybridized carbons (Fsp3) is 0.688. The fourth-order valence-corrected chi connectivity index (χ4v) is 4.22. The first-order chi connectivity index (χ1) is 8.49. The molecular formula is C16H25NO. The first-order valence-electron chi connectivity index (χ1n) is 7.05. The van der Waals surface area contributed by atoms with Gasteiger partial charge in [0.05, 0.1) is 0 Å². The van der Waals surface area contributed by atoms with Gasteiger partial charge in [-0.05, 0) is 57.3 Å². The van der Waals surface area contributed by atoms with Crippen molar-refractivity contribution in [1.82, 2.24) is 5.32 Å². The summed E-state index contributed by atoms with van der Waals surface area (Å²) in [7, 11) is 0. The van der Waals surface area contributed by atoms with E-state index in [1.165, 1.54) is 36.8 Å². The van der Waals surface area contributed by atoms with E-state index in [4.69, 9.17) is 0 Å². The summed E-state index contributed by atoms with van der Waals surface area (Å²) in [5.41, 5.74) is 4.18. The minimum atomic E-state index is 0.408. The van der Waals surface area contributed by atoms with Crippen molar-refractivity contribution in [2.24, 2.45) is 17.3 Å². The molecule has 2 rings (SSSR count). The smallest absolute Gasteiger partial charge is 0.211 e. The Balaban J connectivity index is 2.32. The van der Waals surface area contributed by atoms with Crippen molar-refractivity contribution in [3.8, 4) is 0 Å². The van der Waals surface area contributed by atoms with Crippen LogP contribution >= 0.6 is 0 Å². The van der Waals surface area contributed by atoms with Crippen molar-refractivity contribution >= 4 is 6.41 Å². The lowest BCUT2D eigenvalue weighted by Gasteiger charge is -2.40. The van der Waals surface area contributed by atoms with E-state index in [2.05, 4.69) is 32.7 Å². The first kappa shape index (κ1) is 13.4. The summed E-state index contributed by atoms with van der Waals surface area (Å²) in [6, 6.07) is 0. The Kier molecular flexibility index (Phi) is 3.65. The maximum absolute atomic E-state index is 10.8. The minimum absolute atomic E-state index is 0.408. The fourth-order valence-electron chi connectivity index (χ4n) is 4.22. The van der Waals surface area contributed by atoms with Crippen molar-refractivity contribution in [1.29, 1.82) is 0 Å². The average molecular weight is 247 g/mol. The minimum Gasteiger partial charge on any atom is -0.332 e. The lowest BCUT2D eigenvalue weighted by molar-refractivity contribution is -0.109. The van der Waals surface area contributed by atoms with Gasteiger partial charge in [-0.25, -0.2) is 0 Å². The van der Waals surface area contributed by atoms with E-state index in [-0.39, 0.29) is 0 Å². The summed E-state index contributed by atoms with van der Waals surface area (Å²) in [5.74, 6) is 1.03. The van der Waals surface area contributed by atoms with Crippen molar-refractivity contribution in [2.75, 3.05) is 0 Å². The quantitative estimate of drug-likeness (QED) is 0.596. The molecule has 0 aromatic rings. The normalized spacial score (nSPS) is 34.9. The van der Waals surface area contributed by atoms with Crippen molar-refractivity contribution in [3.05, 3.63) is 23.4 Å². The predicted octanol–water partition coefficient (Wildman–Crippen LogP) is 3.80. The molecule has 2 fully saturated rings. The van der Waals surface area contributed by atoms with E-state index in [0.29, 0.717) is 17.3 Å². The maximum Gasteiger partial charge on any atom is 0.211 e. The van der Waals surface area contributed by atoms with Crippen molar-refractivity contribution in [2.45, 2.75) is 52.9 Å². The molecule has 0 heterocycles. The Bertz CT molecular complexity index is 392. The molecule has 3 atom stereocenters. The zero-order valence-corrected chi connectivity index (χ0v) is 11.9. The van der Waals surface area contributed by atoms with Gasteiger partial charge in [0.25, 0.3) is 0 Å². The molecule has 0 unspecified atom stereocenters. The molecule has 0 aliphatic heterocycles. The topological polar surface area (TPSA) is 29.1 Å². The zero-order chi connectivity index (χ0) is 13.3. The number of nitrogens with one attached hydrogen (secondary N) is 1. The van der Waals surface area contributed by atoms with Gasteiger partial charge in [0, 0.05) is 11.6 Å². The first-order valence-corrected chi connectivity index (χ1v) is 7.05. The molecule has 0 bridgehead atoms. The van der Waals surface area contributed by atoms with Crippen molar-refractivity contribution in [3.63, 3.8) is 0 Å². The molecular weight excluding hydrogens is 222 g/mol. The van der Waals surface area contributed by atoms with E-state index in [0.717, 1.165) is 18.5 Å². The van der Waals surface area contributed by atoms with Crippen LogP contribution in [0.15, 0.2) is 23.4 Å². The molecule has 2 aliphatic carbocycles. The lowest BCUT2D eigenvalue weighted by atomic mass is 9.65. The van der Waals surface area contributed by atoms with Crippen LogP contribution in [0.4, 0.5) is 0 Å². The molecule has 0 spiro atoms. The van der Waals surface area contributed by atoms with Gasteiger partial charge in [-0.1, -0.05) is 24.6 Å². The Labute approximate surface area is 111 Å². The Morgan fingerprint density at radius 1 is 1.44 bits per heavy atom. The Morgan fingerprint density at radius 3 is 2.78 bits per heavy atom. The van der Waals surface area contributed by atoms with Crippen LogP contribution < -0.4 is 5.32 Å². The average Bonchev–Trinajstić information content (AvgIpc) is 2.64. The van der Waals surface area contributed by atoms with Crippen LogP contribution in [0.2, 0.25) is 0 Å². The highest BCUT2D eigenvalue weighted by Crippen LogP contribution is 2.58. The Morgan fingerprint density at radius 2 is 2.17 bits per heavy atom. The highest BCUT2D eigenvalue weighted by molar-refractivity contribution is 5.51. The zero-order valence-electron chi connectivity index (χ0n) is 11.9. The second kappa shape index (κ2) is 4.91. The highest BCUT2D eigenvalue weighted by atomic mass is 16.1. The van der Waals surface area contributed by atoms with Gasteiger partial charge in [-0.3, -0.25) is 4.79 Å². The molecule has 0 radical (unpaired) electrons. The highest BCUT2D eigenvalue weighted by Gasteiger charge is 2.48. The third-order valence-electron chi connectivity index (χ3n) is 4.99. The third kappa shape index (κ3) is 2.13. The van der Waals surface area contributed by atoms with E-state index >= 15 is 0 Å². The van der Waals surface area contributed by atoms with Gasteiger partial charge in [0.1, 0.15) is 0 Å². The predicted molar refractivity (Wildman–Crippen MR) is 74.9 cm³/mol. The summed E-state index contributed by atoms with van der Waals surface area (Å²) in [6.07, 6.45) is 7.02. The number of hydrogen-bond donors (Lipinski definition) is 1. The number of carbonyl (C=O) groups is 1. The molecule has 1 N–H and O–H groups in total. The number of hydrogen-bond acceptors (Lipinski definition) is 1. The number of allylic oxidation sites excluding steroid dienone is 3. The molecule has 0 aromatic carbocycles. The van der Waals surface area contributed by atoms with Crippen LogP contribution in [-0.4, -0.2) is 6.41 Å². The van der Waals surface area contributed by atoms with Gasteiger partial charge in [0.2, 0.25) is 6.41 Å². The molecule has 2 saturated carbocycles. The van der Waals surface area contributed by atoms with Crippen LogP contribution in [0, 0.1) is 17.3 Å². The Hall–Kier alpha value is -1.05. The summed E-state index contributed by atoms with van der Waals surface area (Å²) >= 11 is 0. The van der Waals surface area contributed by atoms with Crippen LogP contribution in [-0.2, 0) is 4.79 Å². The summed E-state index contributed by atoms with van der Waals surface area (Å²) in [5, 5.41) is 2.95. The number of fused-ring (bicyclic) bond motifs is 1. The molecule has 18 heavy (non-hydrogen) atoms. The van der Waals surface area contributed by atoms with E-state index < -0.39 is 0 Å². The molecule has 2 nitrogen and oxygen atoms in total. The van der Waals surface area contributed by atoms with Crippen LogP contribution in [0.5, 0.6) is 0 Å². The SMILES string of the molecule is C=C1CCC[C@]2(C)CC[C@@H](C(NC=O)=C(C)C)[C@H]12. The standard InChI is InChI=1S/C16H25NO/c1-11(2)15(17-10-18)13-7-9-16(4)8-5-6-12(3)14(13)16/h10,13-14H,3,5-9H2,1-2,4H3,(H,17,18)/t13-,14+,16-/m1/s1. The largest absolute Gasteiger partial charge is 0.332 e. The molecule has 0 aromatic heterocycles. The number of rotatable bonds is 3. The monoisotopic (exact) mass is 247 g/mol. The summed E-state index contributed by atoms with van der Waals surface area (Å²) in [6.45, 7) is 10.9.